The number of ether oxygens (including phenoxy) is 1. The number of aliphatic hydroxyl groups excluding tert-OH is 1. The molecule has 1 aliphatic carbocycles. The van der Waals surface area contributed by atoms with E-state index in [1.165, 1.54) is 0 Å². The first-order valence-electron chi connectivity index (χ1n) is 4.39. The zero-order chi connectivity index (χ0) is 10.6. The molecule has 2 atom stereocenters. The van der Waals surface area contributed by atoms with Crippen molar-refractivity contribution in [2.45, 2.75) is 31.5 Å². The van der Waals surface area contributed by atoms with Crippen molar-refractivity contribution in [1.29, 1.82) is 0 Å². The van der Waals surface area contributed by atoms with Gasteiger partial charge in [-0.25, -0.2) is 9.59 Å². The van der Waals surface area contributed by atoms with Crippen molar-refractivity contribution in [1.82, 2.24) is 0 Å². The Morgan fingerprint density at radius 1 is 1.29 bits per heavy atom. The molecule has 0 spiro atoms. The Hall–Kier alpha value is -1.36. The van der Waals surface area contributed by atoms with Crippen LogP contribution in [0, 0.1) is 0 Å². The molecule has 5 nitrogen and oxygen atoms in total. The van der Waals surface area contributed by atoms with Crippen LogP contribution < -0.4 is 0 Å². The first-order chi connectivity index (χ1) is 6.59. The highest BCUT2D eigenvalue weighted by Crippen LogP contribution is 2.21. The van der Waals surface area contributed by atoms with Gasteiger partial charge in [0, 0.05) is 12.2 Å². The Balaban J connectivity index is 2.36. The fraction of sp³-hybridized carbons (Fsp3) is 0.556. The van der Waals surface area contributed by atoms with Crippen molar-refractivity contribution in [2.75, 3.05) is 0 Å². The first kappa shape index (κ1) is 10.7. The third kappa shape index (κ3) is 3.18. The summed E-state index contributed by atoms with van der Waals surface area (Å²) >= 11 is 0. The molecule has 0 aromatic rings. The summed E-state index contributed by atoms with van der Waals surface area (Å²) in [6, 6.07) is 0. The minimum atomic E-state index is -1.20. The molecular weight excluding hydrogens is 188 g/mol. The van der Waals surface area contributed by atoms with E-state index in [9.17, 15) is 14.7 Å². The van der Waals surface area contributed by atoms with Gasteiger partial charge in [0.25, 0.3) is 0 Å². The Morgan fingerprint density at radius 2 is 2.00 bits per heavy atom. The lowest BCUT2D eigenvalue weighted by molar-refractivity contribution is -0.147. The topological polar surface area (TPSA) is 83.8 Å². The second kappa shape index (κ2) is 4.76. The van der Waals surface area contributed by atoms with E-state index in [1.54, 1.807) is 0 Å². The highest BCUT2D eigenvalue weighted by molar-refractivity contribution is 5.90. The van der Waals surface area contributed by atoms with Crippen LogP contribution in [0.1, 0.15) is 19.3 Å². The second-order valence-corrected chi connectivity index (χ2v) is 3.15. The van der Waals surface area contributed by atoms with Gasteiger partial charge >= 0.3 is 11.9 Å². The van der Waals surface area contributed by atoms with Crippen molar-refractivity contribution in [3.63, 3.8) is 0 Å². The van der Waals surface area contributed by atoms with Crippen LogP contribution in [0.3, 0.4) is 0 Å². The first-order valence-corrected chi connectivity index (χ1v) is 4.39. The molecule has 1 saturated carbocycles. The van der Waals surface area contributed by atoms with Crippen molar-refractivity contribution < 1.29 is 24.5 Å². The molecule has 0 heterocycles. The second-order valence-electron chi connectivity index (χ2n) is 3.15. The number of carboxylic acid groups (broad SMARTS) is 1. The molecule has 2 unspecified atom stereocenters. The number of carbonyl (C=O) groups excluding carboxylic acids is 1. The standard InChI is InChI=1S/C9H12O5/c10-6-2-1-3-7(6)14-9(13)5-4-8(11)12/h4-7,10H,1-3H2,(H,11,12)/b5-4+. The van der Waals surface area contributed by atoms with Gasteiger partial charge in [0.05, 0.1) is 6.10 Å². The number of aliphatic hydroxyl groups is 1. The Bertz CT molecular complexity index is 258. The van der Waals surface area contributed by atoms with Crippen LogP contribution in [0.4, 0.5) is 0 Å². The highest BCUT2D eigenvalue weighted by atomic mass is 16.6. The zero-order valence-electron chi connectivity index (χ0n) is 7.55. The number of rotatable bonds is 3. The summed E-state index contributed by atoms with van der Waals surface area (Å²) in [5, 5.41) is 17.5. The fourth-order valence-electron chi connectivity index (χ4n) is 1.37. The van der Waals surface area contributed by atoms with E-state index in [2.05, 4.69) is 0 Å². The smallest absolute Gasteiger partial charge is 0.331 e. The van der Waals surface area contributed by atoms with E-state index >= 15 is 0 Å². The van der Waals surface area contributed by atoms with Crippen LogP contribution >= 0.6 is 0 Å². The lowest BCUT2D eigenvalue weighted by Crippen LogP contribution is -2.25. The molecule has 0 saturated heterocycles. The van der Waals surface area contributed by atoms with Gasteiger partial charge in [-0.1, -0.05) is 0 Å². The SMILES string of the molecule is O=C(O)/C=C/C(=O)OC1CCCC1O. The quantitative estimate of drug-likeness (QED) is 0.498. The number of aliphatic carboxylic acids is 1. The fourth-order valence-corrected chi connectivity index (χ4v) is 1.37. The molecule has 0 radical (unpaired) electrons. The molecule has 78 valence electrons. The van der Waals surface area contributed by atoms with Gasteiger partial charge in [0.1, 0.15) is 6.10 Å². The summed E-state index contributed by atoms with van der Waals surface area (Å²) in [5.41, 5.74) is 0. The number of esters is 1. The van der Waals surface area contributed by atoms with Crippen LogP contribution in [0.2, 0.25) is 0 Å². The van der Waals surface area contributed by atoms with Crippen LogP contribution in [0.15, 0.2) is 12.2 Å². The summed E-state index contributed by atoms with van der Waals surface area (Å²) in [6.07, 6.45) is 2.53. The third-order valence-corrected chi connectivity index (χ3v) is 2.05. The Kier molecular flexibility index (Phi) is 3.64. The summed E-state index contributed by atoms with van der Waals surface area (Å²) in [6.45, 7) is 0. The van der Waals surface area contributed by atoms with Gasteiger partial charge in [0.15, 0.2) is 0 Å². The Labute approximate surface area is 81.0 Å². The van der Waals surface area contributed by atoms with Crippen LogP contribution in [-0.2, 0) is 14.3 Å². The lowest BCUT2D eigenvalue weighted by atomic mass is 10.2. The van der Waals surface area contributed by atoms with E-state index in [1.807, 2.05) is 0 Å². The summed E-state index contributed by atoms with van der Waals surface area (Å²) in [4.78, 5) is 21.0. The molecule has 5 heteroatoms. The molecule has 0 aromatic heterocycles. The minimum Gasteiger partial charge on any atom is -0.478 e. The van der Waals surface area contributed by atoms with Gasteiger partial charge in [-0.2, -0.15) is 0 Å². The van der Waals surface area contributed by atoms with Crippen molar-refractivity contribution >= 4 is 11.9 Å². The largest absolute Gasteiger partial charge is 0.478 e. The van der Waals surface area contributed by atoms with Gasteiger partial charge in [0.2, 0.25) is 0 Å². The molecule has 1 aliphatic rings. The minimum absolute atomic E-state index is 0.485. The number of hydrogen-bond acceptors (Lipinski definition) is 4. The number of hydrogen-bond donors (Lipinski definition) is 2. The van der Waals surface area contributed by atoms with Gasteiger partial charge in [-0.3, -0.25) is 0 Å². The zero-order valence-corrected chi connectivity index (χ0v) is 7.55. The van der Waals surface area contributed by atoms with Crippen molar-refractivity contribution in [2.24, 2.45) is 0 Å². The lowest BCUT2D eigenvalue weighted by Gasteiger charge is -2.13. The summed E-state index contributed by atoms with van der Waals surface area (Å²) in [5.74, 6) is -1.92. The molecular formula is C9H12O5. The van der Waals surface area contributed by atoms with Crippen LogP contribution in [0.5, 0.6) is 0 Å². The average Bonchev–Trinajstić information content (AvgIpc) is 2.49. The van der Waals surface area contributed by atoms with Crippen LogP contribution in [-0.4, -0.2) is 34.4 Å². The monoisotopic (exact) mass is 200 g/mol. The molecule has 0 aromatic carbocycles. The third-order valence-electron chi connectivity index (χ3n) is 2.05. The molecule has 2 N–H and O–H groups in total. The molecule has 1 rings (SSSR count). The molecule has 1 fully saturated rings. The summed E-state index contributed by atoms with van der Waals surface area (Å²) in [7, 11) is 0. The predicted octanol–water partition coefficient (Wildman–Crippen LogP) is 0.0838. The van der Waals surface area contributed by atoms with Crippen molar-refractivity contribution in [3.05, 3.63) is 12.2 Å². The summed E-state index contributed by atoms with van der Waals surface area (Å²) < 4.78 is 4.83. The molecule has 0 amide bonds. The molecule has 0 bridgehead atoms. The highest BCUT2D eigenvalue weighted by Gasteiger charge is 2.27. The van der Waals surface area contributed by atoms with E-state index in [0.29, 0.717) is 18.9 Å². The number of carbonyl (C=O) groups is 2. The Morgan fingerprint density at radius 3 is 2.50 bits per heavy atom. The number of carboxylic acids is 1. The van der Waals surface area contributed by atoms with Crippen LogP contribution in [0.25, 0.3) is 0 Å². The maximum Gasteiger partial charge on any atom is 0.331 e. The normalized spacial score (nSPS) is 26.6. The average molecular weight is 200 g/mol. The molecule has 14 heavy (non-hydrogen) atoms. The van der Waals surface area contributed by atoms with Gasteiger partial charge < -0.3 is 14.9 Å². The van der Waals surface area contributed by atoms with E-state index < -0.39 is 24.1 Å². The van der Waals surface area contributed by atoms with Gasteiger partial charge in [-0.15, -0.1) is 0 Å². The van der Waals surface area contributed by atoms with E-state index in [4.69, 9.17) is 9.84 Å². The van der Waals surface area contributed by atoms with Crippen molar-refractivity contribution in [3.8, 4) is 0 Å². The molecule has 0 aliphatic heterocycles. The van der Waals surface area contributed by atoms with Gasteiger partial charge in [-0.05, 0) is 19.3 Å². The maximum absolute atomic E-state index is 11.0. The predicted molar refractivity (Wildman–Crippen MR) is 46.5 cm³/mol. The van der Waals surface area contributed by atoms with E-state index in [-0.39, 0.29) is 0 Å². The van der Waals surface area contributed by atoms with E-state index in [0.717, 1.165) is 12.5 Å². The maximum atomic E-state index is 11.0.